The summed E-state index contributed by atoms with van der Waals surface area (Å²) in [6.07, 6.45) is 1.38. The van der Waals surface area contributed by atoms with Crippen LogP contribution in [-0.4, -0.2) is 33.2 Å². The topological polar surface area (TPSA) is 75.7 Å². The van der Waals surface area contributed by atoms with Gasteiger partial charge in [-0.1, -0.05) is 24.6 Å². The van der Waals surface area contributed by atoms with Crippen LogP contribution >= 0.6 is 11.6 Å². The van der Waals surface area contributed by atoms with Crippen LogP contribution in [0.4, 0.5) is 11.4 Å². The third-order valence-corrected chi connectivity index (χ3v) is 5.24. The third kappa shape index (κ3) is 5.61. The lowest BCUT2D eigenvalue weighted by atomic mass is 10.1. The van der Waals surface area contributed by atoms with Crippen molar-refractivity contribution >= 4 is 38.9 Å². The van der Waals surface area contributed by atoms with E-state index in [4.69, 9.17) is 16.3 Å². The summed E-state index contributed by atoms with van der Waals surface area (Å²) < 4.78 is 31.4. The summed E-state index contributed by atoms with van der Waals surface area (Å²) in [6, 6.07) is 12.4. The molecule has 0 spiro atoms. The lowest BCUT2D eigenvalue weighted by Crippen LogP contribution is -2.46. The van der Waals surface area contributed by atoms with Crippen LogP contribution < -0.4 is 14.4 Å². The Morgan fingerprint density at radius 3 is 2.37 bits per heavy atom. The highest BCUT2D eigenvalue weighted by Crippen LogP contribution is 2.26. The van der Waals surface area contributed by atoms with Crippen LogP contribution in [0.3, 0.4) is 0 Å². The Labute approximate surface area is 165 Å². The summed E-state index contributed by atoms with van der Waals surface area (Å²) in [5, 5.41) is 3.21. The first-order valence-corrected chi connectivity index (χ1v) is 10.8. The number of halogens is 1. The second kappa shape index (κ2) is 9.10. The maximum Gasteiger partial charge on any atom is 0.248 e. The number of rotatable bonds is 8. The van der Waals surface area contributed by atoms with Crippen molar-refractivity contribution in [2.24, 2.45) is 0 Å². The van der Waals surface area contributed by atoms with Crippen LogP contribution in [0.25, 0.3) is 0 Å². The fraction of sp³-hybridized carbons (Fsp3) is 0.316. The number of benzene rings is 2. The van der Waals surface area contributed by atoms with Crippen LogP contribution in [0, 0.1) is 0 Å². The fourth-order valence-electron chi connectivity index (χ4n) is 2.71. The molecule has 0 saturated carbocycles. The van der Waals surface area contributed by atoms with Gasteiger partial charge >= 0.3 is 0 Å². The normalized spacial score (nSPS) is 12.3. The molecule has 146 valence electrons. The smallest absolute Gasteiger partial charge is 0.248 e. The van der Waals surface area contributed by atoms with Gasteiger partial charge in [-0.25, -0.2) is 8.42 Å². The molecule has 0 aliphatic rings. The third-order valence-electron chi connectivity index (χ3n) is 3.82. The van der Waals surface area contributed by atoms with Crippen molar-refractivity contribution < 1.29 is 17.9 Å². The summed E-state index contributed by atoms with van der Waals surface area (Å²) in [7, 11) is -3.69. The summed E-state index contributed by atoms with van der Waals surface area (Å²) in [5.41, 5.74) is 0.903. The Morgan fingerprint density at radius 1 is 1.19 bits per heavy atom. The number of hydrogen-bond donors (Lipinski definition) is 1. The average Bonchev–Trinajstić information content (AvgIpc) is 2.59. The second-order valence-corrected chi connectivity index (χ2v) is 8.21. The molecule has 0 heterocycles. The molecule has 1 N–H and O–H groups in total. The lowest BCUT2D eigenvalue weighted by Gasteiger charge is -2.30. The van der Waals surface area contributed by atoms with E-state index in [2.05, 4.69) is 5.32 Å². The first-order valence-electron chi connectivity index (χ1n) is 8.55. The number of amides is 1. The van der Waals surface area contributed by atoms with Gasteiger partial charge < -0.3 is 10.1 Å². The highest BCUT2D eigenvalue weighted by atomic mass is 35.5. The van der Waals surface area contributed by atoms with Gasteiger partial charge in [-0.2, -0.15) is 0 Å². The average molecular weight is 411 g/mol. The zero-order chi connectivity index (χ0) is 20.0. The molecule has 2 aromatic rings. The van der Waals surface area contributed by atoms with Crippen molar-refractivity contribution in [2.75, 3.05) is 22.5 Å². The van der Waals surface area contributed by atoms with E-state index < -0.39 is 22.0 Å². The number of nitrogens with one attached hydrogen (secondary N) is 1. The molecule has 0 aliphatic carbocycles. The minimum Gasteiger partial charge on any atom is -0.494 e. The maximum atomic E-state index is 12.8. The van der Waals surface area contributed by atoms with Gasteiger partial charge in [-0.05, 0) is 55.8 Å². The van der Waals surface area contributed by atoms with E-state index in [1.807, 2.05) is 6.92 Å². The Kier molecular flexibility index (Phi) is 7.10. The van der Waals surface area contributed by atoms with Gasteiger partial charge in [0.25, 0.3) is 0 Å². The highest BCUT2D eigenvalue weighted by Gasteiger charge is 2.31. The van der Waals surface area contributed by atoms with Gasteiger partial charge in [0.05, 0.1) is 18.6 Å². The molecular weight excluding hydrogens is 388 g/mol. The Balaban J connectivity index is 2.33. The van der Waals surface area contributed by atoms with Crippen LogP contribution in [0.2, 0.25) is 5.02 Å². The Morgan fingerprint density at radius 2 is 1.85 bits per heavy atom. The molecule has 0 bridgehead atoms. The number of carbonyl (C=O) groups is 1. The van der Waals surface area contributed by atoms with Gasteiger partial charge in [-0.3, -0.25) is 9.10 Å². The molecule has 0 saturated heterocycles. The lowest BCUT2D eigenvalue weighted by molar-refractivity contribution is -0.117. The van der Waals surface area contributed by atoms with E-state index in [-0.39, 0.29) is 0 Å². The van der Waals surface area contributed by atoms with Crippen LogP contribution in [0.15, 0.2) is 48.5 Å². The molecule has 6 nitrogen and oxygen atoms in total. The summed E-state index contributed by atoms with van der Waals surface area (Å²) >= 11 is 5.94. The van der Waals surface area contributed by atoms with Crippen molar-refractivity contribution in [3.8, 4) is 5.75 Å². The fourth-order valence-corrected chi connectivity index (χ4v) is 4.11. The largest absolute Gasteiger partial charge is 0.494 e. The minimum absolute atomic E-state index is 0.298. The molecule has 1 amide bonds. The van der Waals surface area contributed by atoms with E-state index in [1.165, 1.54) is 0 Å². The molecule has 2 aromatic carbocycles. The molecule has 1 atom stereocenters. The summed E-state index contributed by atoms with van der Waals surface area (Å²) in [4.78, 5) is 12.8. The minimum atomic E-state index is -3.69. The molecule has 27 heavy (non-hydrogen) atoms. The molecule has 8 heteroatoms. The van der Waals surface area contributed by atoms with Gasteiger partial charge in [0, 0.05) is 10.7 Å². The molecule has 0 aliphatic heterocycles. The van der Waals surface area contributed by atoms with E-state index in [0.29, 0.717) is 35.2 Å². The SMILES string of the molecule is CCOc1ccc(N([C@H](CC)C(=O)Nc2cccc(Cl)c2)S(C)(=O)=O)cc1. The van der Waals surface area contributed by atoms with Gasteiger partial charge in [-0.15, -0.1) is 0 Å². The van der Waals surface area contributed by atoms with Crippen molar-refractivity contribution in [3.05, 3.63) is 53.6 Å². The highest BCUT2D eigenvalue weighted by molar-refractivity contribution is 7.92. The van der Waals surface area contributed by atoms with Crippen LogP contribution in [-0.2, 0) is 14.8 Å². The Bertz CT molecular complexity index is 885. The summed E-state index contributed by atoms with van der Waals surface area (Å²) in [5.74, 6) is 0.199. The van der Waals surface area contributed by atoms with E-state index in [1.54, 1.807) is 55.5 Å². The van der Waals surface area contributed by atoms with Gasteiger partial charge in [0.15, 0.2) is 0 Å². The summed E-state index contributed by atoms with van der Waals surface area (Å²) in [6.45, 7) is 4.13. The predicted molar refractivity (Wildman–Crippen MR) is 109 cm³/mol. The number of sulfonamides is 1. The molecule has 2 rings (SSSR count). The van der Waals surface area contributed by atoms with Gasteiger partial charge in [0.2, 0.25) is 15.9 Å². The van der Waals surface area contributed by atoms with Crippen LogP contribution in [0.5, 0.6) is 5.75 Å². The molecule has 0 aromatic heterocycles. The van der Waals surface area contributed by atoms with Crippen LogP contribution in [0.1, 0.15) is 20.3 Å². The number of carbonyl (C=O) groups excluding carboxylic acids is 1. The second-order valence-electron chi connectivity index (χ2n) is 5.91. The quantitative estimate of drug-likeness (QED) is 0.715. The van der Waals surface area contributed by atoms with Crippen molar-refractivity contribution in [2.45, 2.75) is 26.3 Å². The van der Waals surface area contributed by atoms with E-state index in [0.717, 1.165) is 10.6 Å². The number of nitrogens with zero attached hydrogens (tertiary/aromatic N) is 1. The number of anilines is 2. The van der Waals surface area contributed by atoms with Crippen molar-refractivity contribution in [1.29, 1.82) is 0 Å². The molecule has 0 fully saturated rings. The Hall–Kier alpha value is -2.25. The number of hydrogen-bond acceptors (Lipinski definition) is 4. The number of ether oxygens (including phenoxy) is 1. The first kappa shape index (κ1) is 21.1. The molecular formula is C19H23ClN2O4S. The zero-order valence-corrected chi connectivity index (χ0v) is 17.0. The van der Waals surface area contributed by atoms with Crippen molar-refractivity contribution in [3.63, 3.8) is 0 Å². The van der Waals surface area contributed by atoms with E-state index >= 15 is 0 Å². The predicted octanol–water partition coefficient (Wildman–Crippen LogP) is 3.92. The maximum absolute atomic E-state index is 12.8. The van der Waals surface area contributed by atoms with Gasteiger partial charge in [0.1, 0.15) is 11.8 Å². The molecule has 0 radical (unpaired) electrons. The van der Waals surface area contributed by atoms with E-state index in [9.17, 15) is 13.2 Å². The first-order chi connectivity index (χ1) is 12.8. The van der Waals surface area contributed by atoms with Crippen molar-refractivity contribution in [1.82, 2.24) is 0 Å². The standard InChI is InChI=1S/C19H23ClN2O4S/c1-4-18(19(23)21-15-8-6-7-14(20)13-15)22(27(3,24)25)16-9-11-17(12-10-16)26-5-2/h6-13,18H,4-5H2,1-3H3,(H,21,23)/t18-/m1/s1. The molecule has 0 unspecified atom stereocenters. The monoisotopic (exact) mass is 410 g/mol. The zero-order valence-electron chi connectivity index (χ0n) is 15.5.